The largest absolute Gasteiger partial charge is 0.497 e. The third-order valence-corrected chi connectivity index (χ3v) is 3.40. The highest BCUT2D eigenvalue weighted by atomic mass is 16.7. The van der Waals surface area contributed by atoms with E-state index in [-0.39, 0.29) is 0 Å². The minimum absolute atomic E-state index is 0.738. The molecule has 3 nitrogen and oxygen atoms in total. The average Bonchev–Trinajstić information content (AvgIpc) is 2.52. The lowest BCUT2D eigenvalue weighted by Crippen LogP contribution is -2.33. The zero-order valence-corrected chi connectivity index (χ0v) is 12.1. The Morgan fingerprint density at radius 3 is 2.10 bits per heavy atom. The van der Waals surface area contributed by atoms with Crippen LogP contribution in [0.15, 0.2) is 48.5 Å². The Hall–Kier alpha value is -1.84. The van der Waals surface area contributed by atoms with Crippen LogP contribution in [-0.4, -0.2) is 21.3 Å². The molecular weight excluding hydrogens is 252 g/mol. The highest BCUT2D eigenvalue weighted by molar-refractivity contribution is 5.44. The number of hydrogen-bond donors (Lipinski definition) is 0. The Labute approximate surface area is 120 Å². The molecule has 0 amide bonds. The Morgan fingerprint density at radius 2 is 1.55 bits per heavy atom. The fraction of sp³-hybridized carbons (Fsp3) is 0.235. The summed E-state index contributed by atoms with van der Waals surface area (Å²) in [7, 11) is 4.87. The molecule has 0 atom stereocenters. The van der Waals surface area contributed by atoms with Gasteiger partial charge in [-0.05, 0) is 24.6 Å². The predicted octanol–water partition coefficient (Wildman–Crippen LogP) is 3.37. The van der Waals surface area contributed by atoms with E-state index in [0.29, 0.717) is 0 Å². The molecule has 0 unspecified atom stereocenters. The number of hydrogen-bond acceptors (Lipinski definition) is 3. The lowest BCUT2D eigenvalue weighted by atomic mass is 9.93. The van der Waals surface area contributed by atoms with Gasteiger partial charge in [0.2, 0.25) is 5.79 Å². The summed E-state index contributed by atoms with van der Waals surface area (Å²) in [5.74, 6) is -0.255. The van der Waals surface area contributed by atoms with E-state index in [0.717, 1.165) is 22.4 Å². The van der Waals surface area contributed by atoms with Gasteiger partial charge in [0, 0.05) is 25.3 Å². The molecule has 0 aliphatic rings. The van der Waals surface area contributed by atoms with Crippen molar-refractivity contribution in [3.63, 3.8) is 0 Å². The molecule has 0 fully saturated rings. The van der Waals surface area contributed by atoms with Crippen LogP contribution in [0, 0.1) is 6.92 Å². The molecule has 3 heteroatoms. The van der Waals surface area contributed by atoms with E-state index in [4.69, 9.17) is 14.2 Å². The van der Waals surface area contributed by atoms with Gasteiger partial charge in [-0.15, -0.1) is 0 Å². The average molecular weight is 271 g/mol. The predicted molar refractivity (Wildman–Crippen MR) is 78.7 cm³/mol. The molecule has 1 radical (unpaired) electrons. The van der Waals surface area contributed by atoms with Gasteiger partial charge in [-0.3, -0.25) is 0 Å². The van der Waals surface area contributed by atoms with E-state index in [1.807, 2.05) is 48.5 Å². The fourth-order valence-corrected chi connectivity index (χ4v) is 2.34. The molecule has 0 spiro atoms. The van der Waals surface area contributed by atoms with Gasteiger partial charge >= 0.3 is 0 Å². The Kier molecular flexibility index (Phi) is 4.42. The number of rotatable bonds is 5. The van der Waals surface area contributed by atoms with E-state index >= 15 is 0 Å². The molecule has 0 bridgehead atoms. The molecule has 0 aliphatic carbocycles. The normalized spacial score (nSPS) is 11.4. The molecule has 0 N–H and O–H groups in total. The van der Waals surface area contributed by atoms with Gasteiger partial charge < -0.3 is 14.2 Å². The van der Waals surface area contributed by atoms with Crippen LogP contribution in [0.3, 0.4) is 0 Å². The van der Waals surface area contributed by atoms with E-state index in [9.17, 15) is 0 Å². The summed E-state index contributed by atoms with van der Waals surface area (Å²) in [6.07, 6.45) is 0. The standard InChI is InChI=1S/C17H19O3/c1-13-10-11-15(18-2)12-16(13)17(19-3,20-4)14-8-6-5-7-9-14/h5-12H,1H2,2-4H3. The molecule has 105 valence electrons. The van der Waals surface area contributed by atoms with Crippen molar-refractivity contribution in [2.24, 2.45) is 0 Å². The van der Waals surface area contributed by atoms with Crippen molar-refractivity contribution in [1.82, 2.24) is 0 Å². The van der Waals surface area contributed by atoms with Gasteiger partial charge in [0.15, 0.2) is 0 Å². The molecule has 0 aliphatic heterocycles. The maximum Gasteiger partial charge on any atom is 0.222 e. The molecule has 0 aromatic heterocycles. The minimum Gasteiger partial charge on any atom is -0.497 e. The van der Waals surface area contributed by atoms with E-state index in [2.05, 4.69) is 6.92 Å². The van der Waals surface area contributed by atoms with Gasteiger partial charge in [0.25, 0.3) is 0 Å². The molecule has 0 heterocycles. The second-order valence-electron chi connectivity index (χ2n) is 4.41. The summed E-state index contributed by atoms with van der Waals surface area (Å²) >= 11 is 0. The number of ether oxygens (including phenoxy) is 3. The van der Waals surface area contributed by atoms with Crippen molar-refractivity contribution < 1.29 is 14.2 Å². The molecule has 2 aromatic rings. The molecular formula is C17H19O3. The van der Waals surface area contributed by atoms with Crippen LogP contribution < -0.4 is 4.74 Å². The van der Waals surface area contributed by atoms with Gasteiger partial charge in [0.1, 0.15) is 5.75 Å². The van der Waals surface area contributed by atoms with Crippen molar-refractivity contribution in [3.8, 4) is 5.75 Å². The Balaban J connectivity index is 2.65. The Bertz CT molecular complexity index is 560. The highest BCUT2D eigenvalue weighted by Crippen LogP contribution is 2.37. The van der Waals surface area contributed by atoms with Gasteiger partial charge in [-0.1, -0.05) is 36.4 Å². The Morgan fingerprint density at radius 1 is 0.900 bits per heavy atom. The minimum atomic E-state index is -0.993. The lowest BCUT2D eigenvalue weighted by Gasteiger charge is -2.33. The van der Waals surface area contributed by atoms with E-state index in [1.54, 1.807) is 21.3 Å². The SMILES string of the molecule is [CH2]c1ccc(OC)cc1C(OC)(OC)c1ccccc1. The van der Waals surface area contributed by atoms with Crippen molar-refractivity contribution in [2.45, 2.75) is 5.79 Å². The first kappa shape index (κ1) is 14.6. The summed E-state index contributed by atoms with van der Waals surface area (Å²) in [6, 6.07) is 15.4. The summed E-state index contributed by atoms with van der Waals surface area (Å²) in [6.45, 7) is 4.07. The number of methoxy groups -OCH3 is 3. The quantitative estimate of drug-likeness (QED) is 0.780. The first-order valence-electron chi connectivity index (χ1n) is 6.34. The van der Waals surface area contributed by atoms with Crippen LogP contribution in [0.2, 0.25) is 0 Å². The van der Waals surface area contributed by atoms with Crippen LogP contribution in [0.25, 0.3) is 0 Å². The molecule has 0 saturated carbocycles. The van der Waals surface area contributed by atoms with Crippen LogP contribution in [0.4, 0.5) is 0 Å². The summed E-state index contributed by atoms with van der Waals surface area (Å²) < 4.78 is 16.7. The topological polar surface area (TPSA) is 27.7 Å². The third-order valence-electron chi connectivity index (χ3n) is 3.40. The van der Waals surface area contributed by atoms with Gasteiger partial charge in [-0.25, -0.2) is 0 Å². The van der Waals surface area contributed by atoms with Crippen LogP contribution in [-0.2, 0) is 15.3 Å². The van der Waals surface area contributed by atoms with Crippen LogP contribution in [0.5, 0.6) is 5.75 Å². The van der Waals surface area contributed by atoms with Gasteiger partial charge in [0.05, 0.1) is 7.11 Å². The monoisotopic (exact) mass is 271 g/mol. The molecule has 20 heavy (non-hydrogen) atoms. The smallest absolute Gasteiger partial charge is 0.222 e. The summed E-state index contributed by atoms with van der Waals surface area (Å²) in [5, 5.41) is 0. The summed E-state index contributed by atoms with van der Waals surface area (Å²) in [4.78, 5) is 0. The maximum absolute atomic E-state index is 5.72. The first-order chi connectivity index (χ1) is 9.67. The van der Waals surface area contributed by atoms with Crippen molar-refractivity contribution >= 4 is 0 Å². The highest BCUT2D eigenvalue weighted by Gasteiger charge is 2.36. The van der Waals surface area contributed by atoms with E-state index < -0.39 is 5.79 Å². The van der Waals surface area contributed by atoms with E-state index in [1.165, 1.54) is 0 Å². The van der Waals surface area contributed by atoms with Crippen LogP contribution in [0.1, 0.15) is 16.7 Å². The number of benzene rings is 2. The van der Waals surface area contributed by atoms with Crippen LogP contribution >= 0.6 is 0 Å². The molecule has 0 saturated heterocycles. The zero-order chi connectivity index (χ0) is 14.6. The van der Waals surface area contributed by atoms with Crippen molar-refractivity contribution in [1.29, 1.82) is 0 Å². The lowest BCUT2D eigenvalue weighted by molar-refractivity contribution is -0.184. The molecule has 2 aromatic carbocycles. The second kappa shape index (κ2) is 6.07. The second-order valence-corrected chi connectivity index (χ2v) is 4.41. The maximum atomic E-state index is 5.72. The fourth-order valence-electron chi connectivity index (χ4n) is 2.34. The third kappa shape index (κ3) is 2.42. The first-order valence-corrected chi connectivity index (χ1v) is 6.34. The van der Waals surface area contributed by atoms with Crippen molar-refractivity contribution in [2.75, 3.05) is 21.3 Å². The van der Waals surface area contributed by atoms with Gasteiger partial charge in [-0.2, -0.15) is 0 Å². The van der Waals surface area contributed by atoms with Crippen molar-refractivity contribution in [3.05, 3.63) is 72.1 Å². The zero-order valence-electron chi connectivity index (χ0n) is 12.1. The molecule has 2 rings (SSSR count). The summed E-state index contributed by atoms with van der Waals surface area (Å²) in [5.41, 5.74) is 2.56.